The van der Waals surface area contributed by atoms with E-state index in [-0.39, 0.29) is 0 Å². The summed E-state index contributed by atoms with van der Waals surface area (Å²) in [6.07, 6.45) is 0.976. The van der Waals surface area contributed by atoms with Gasteiger partial charge in [0.05, 0.1) is 0 Å². The van der Waals surface area contributed by atoms with Crippen molar-refractivity contribution in [2.75, 3.05) is 6.54 Å². The molecule has 9 heavy (non-hydrogen) atoms. The molecule has 0 aliphatic rings. The molecule has 0 atom stereocenters. The Hall–Kier alpha value is 0.140. The lowest BCUT2D eigenvalue weighted by atomic mass is 10.2. The third-order valence-electron chi connectivity index (χ3n) is 1.10. The van der Waals surface area contributed by atoms with E-state index in [1.54, 1.807) is 11.3 Å². The summed E-state index contributed by atoms with van der Waals surface area (Å²) in [6, 6.07) is 0. The zero-order valence-corrected chi connectivity index (χ0v) is 7.33. The molecule has 0 aromatic carbocycles. The van der Waals surface area contributed by atoms with Crippen LogP contribution in [-0.4, -0.2) is 6.54 Å². The molecule has 0 saturated carbocycles. The lowest BCUT2D eigenvalue weighted by Gasteiger charge is -1.91. The van der Waals surface area contributed by atoms with Crippen molar-refractivity contribution in [2.45, 2.75) is 6.42 Å². The summed E-state index contributed by atoms with van der Waals surface area (Å²) in [5.41, 5.74) is 6.69. The maximum Gasteiger partial charge on any atom is 0.0314 e. The van der Waals surface area contributed by atoms with Gasteiger partial charge in [-0.1, -0.05) is 0 Å². The van der Waals surface area contributed by atoms with Crippen molar-refractivity contribution < 1.29 is 0 Å². The van der Waals surface area contributed by atoms with Crippen LogP contribution >= 0.6 is 27.3 Å². The Labute approximate surface area is 67.0 Å². The van der Waals surface area contributed by atoms with Gasteiger partial charge in [0.1, 0.15) is 0 Å². The number of rotatable bonds is 2. The van der Waals surface area contributed by atoms with Gasteiger partial charge in [-0.15, -0.1) is 0 Å². The van der Waals surface area contributed by atoms with Crippen LogP contribution in [0.4, 0.5) is 0 Å². The smallest absolute Gasteiger partial charge is 0.0314 e. The molecule has 1 aromatic heterocycles. The largest absolute Gasteiger partial charge is 0.330 e. The van der Waals surface area contributed by atoms with Gasteiger partial charge in [0, 0.05) is 9.85 Å². The zero-order valence-electron chi connectivity index (χ0n) is 4.93. The Morgan fingerprint density at radius 3 is 2.78 bits per heavy atom. The quantitative estimate of drug-likeness (QED) is 0.786. The normalized spacial score (nSPS) is 10.0. The summed E-state index contributed by atoms with van der Waals surface area (Å²) in [5, 5.41) is 4.20. The SMILES string of the molecule is NCCc1cscc1Br. The highest BCUT2D eigenvalue weighted by Gasteiger charge is 1.96. The Kier molecular flexibility index (Phi) is 2.69. The van der Waals surface area contributed by atoms with Crippen molar-refractivity contribution in [3.8, 4) is 0 Å². The van der Waals surface area contributed by atoms with Crippen LogP contribution in [0.1, 0.15) is 5.56 Å². The fraction of sp³-hybridized carbons (Fsp3) is 0.333. The van der Waals surface area contributed by atoms with E-state index in [2.05, 4.69) is 26.7 Å². The molecule has 0 amide bonds. The fourth-order valence-electron chi connectivity index (χ4n) is 0.642. The molecule has 0 spiro atoms. The standard InChI is InChI=1S/C6H8BrNS/c7-6-4-9-3-5(6)1-2-8/h3-4H,1-2,8H2. The van der Waals surface area contributed by atoms with Gasteiger partial charge in [-0.05, 0) is 39.8 Å². The van der Waals surface area contributed by atoms with E-state index in [1.807, 2.05) is 0 Å². The molecule has 1 nitrogen and oxygen atoms in total. The van der Waals surface area contributed by atoms with E-state index >= 15 is 0 Å². The summed E-state index contributed by atoms with van der Waals surface area (Å²) < 4.78 is 1.19. The van der Waals surface area contributed by atoms with Crippen LogP contribution in [0.2, 0.25) is 0 Å². The summed E-state index contributed by atoms with van der Waals surface area (Å²) in [7, 11) is 0. The molecule has 0 radical (unpaired) electrons. The molecule has 0 saturated heterocycles. The van der Waals surface area contributed by atoms with Gasteiger partial charge in [-0.2, -0.15) is 11.3 Å². The number of hydrogen-bond donors (Lipinski definition) is 1. The van der Waals surface area contributed by atoms with E-state index in [9.17, 15) is 0 Å². The summed E-state index contributed by atoms with van der Waals surface area (Å²) in [5.74, 6) is 0. The van der Waals surface area contributed by atoms with Crippen LogP contribution in [0.25, 0.3) is 0 Å². The lowest BCUT2D eigenvalue weighted by molar-refractivity contribution is 0.970. The Bertz CT molecular complexity index is 185. The first-order chi connectivity index (χ1) is 4.34. The molecule has 1 aromatic rings. The molecule has 2 N–H and O–H groups in total. The van der Waals surface area contributed by atoms with E-state index in [1.165, 1.54) is 10.0 Å². The maximum absolute atomic E-state index is 5.37. The molecule has 0 aliphatic heterocycles. The highest BCUT2D eigenvalue weighted by molar-refractivity contribution is 9.10. The Morgan fingerprint density at radius 2 is 2.33 bits per heavy atom. The molecule has 0 unspecified atom stereocenters. The molecule has 3 heteroatoms. The summed E-state index contributed by atoms with van der Waals surface area (Å²) in [4.78, 5) is 0. The van der Waals surface area contributed by atoms with E-state index < -0.39 is 0 Å². The lowest BCUT2D eigenvalue weighted by Crippen LogP contribution is -2.01. The minimum absolute atomic E-state index is 0.731. The van der Waals surface area contributed by atoms with Gasteiger partial charge >= 0.3 is 0 Å². The Morgan fingerprint density at radius 1 is 1.56 bits per heavy atom. The van der Waals surface area contributed by atoms with Crippen molar-refractivity contribution >= 4 is 27.3 Å². The first-order valence-electron chi connectivity index (χ1n) is 2.75. The van der Waals surface area contributed by atoms with Crippen LogP contribution < -0.4 is 5.73 Å². The molecule has 0 aliphatic carbocycles. The van der Waals surface area contributed by atoms with E-state index in [4.69, 9.17) is 5.73 Å². The average Bonchev–Trinajstić information content (AvgIpc) is 2.18. The third-order valence-corrected chi connectivity index (χ3v) is 2.94. The van der Waals surface area contributed by atoms with Crippen molar-refractivity contribution in [2.24, 2.45) is 5.73 Å². The van der Waals surface area contributed by atoms with Crippen molar-refractivity contribution in [3.05, 3.63) is 20.8 Å². The molecule has 0 fully saturated rings. The predicted octanol–water partition coefficient (Wildman–Crippen LogP) is 2.01. The average molecular weight is 206 g/mol. The van der Waals surface area contributed by atoms with Gasteiger partial charge in [0.25, 0.3) is 0 Å². The molecular weight excluding hydrogens is 198 g/mol. The fourth-order valence-corrected chi connectivity index (χ4v) is 2.18. The van der Waals surface area contributed by atoms with Crippen molar-refractivity contribution in [1.82, 2.24) is 0 Å². The minimum atomic E-state index is 0.731. The van der Waals surface area contributed by atoms with Crippen LogP contribution in [0.15, 0.2) is 15.2 Å². The maximum atomic E-state index is 5.37. The van der Waals surface area contributed by atoms with Crippen LogP contribution in [0.3, 0.4) is 0 Å². The Balaban J connectivity index is 2.69. The van der Waals surface area contributed by atoms with E-state index in [0.717, 1.165) is 13.0 Å². The van der Waals surface area contributed by atoms with Crippen molar-refractivity contribution in [1.29, 1.82) is 0 Å². The van der Waals surface area contributed by atoms with Crippen LogP contribution in [0.5, 0.6) is 0 Å². The molecule has 0 bridgehead atoms. The molecule has 50 valence electrons. The van der Waals surface area contributed by atoms with Gasteiger partial charge in [-0.25, -0.2) is 0 Å². The number of nitrogens with two attached hydrogens (primary N) is 1. The second kappa shape index (κ2) is 3.34. The summed E-state index contributed by atoms with van der Waals surface area (Å²) >= 11 is 5.13. The number of hydrogen-bond acceptors (Lipinski definition) is 2. The van der Waals surface area contributed by atoms with Crippen LogP contribution in [-0.2, 0) is 6.42 Å². The van der Waals surface area contributed by atoms with Crippen molar-refractivity contribution in [3.63, 3.8) is 0 Å². The highest BCUT2D eigenvalue weighted by Crippen LogP contribution is 2.20. The highest BCUT2D eigenvalue weighted by atomic mass is 79.9. The zero-order chi connectivity index (χ0) is 6.69. The predicted molar refractivity (Wildman–Crippen MR) is 44.8 cm³/mol. The molecule has 1 heterocycles. The van der Waals surface area contributed by atoms with E-state index in [0.29, 0.717) is 0 Å². The topological polar surface area (TPSA) is 26.0 Å². The second-order valence-electron chi connectivity index (χ2n) is 1.78. The first kappa shape index (κ1) is 7.25. The number of halogens is 1. The van der Waals surface area contributed by atoms with Gasteiger partial charge < -0.3 is 5.73 Å². The monoisotopic (exact) mass is 205 g/mol. The molecular formula is C6H8BrNS. The minimum Gasteiger partial charge on any atom is -0.330 e. The number of thiophene rings is 1. The van der Waals surface area contributed by atoms with Crippen LogP contribution in [0, 0.1) is 0 Å². The van der Waals surface area contributed by atoms with Gasteiger partial charge in [0.15, 0.2) is 0 Å². The second-order valence-corrected chi connectivity index (χ2v) is 3.38. The third kappa shape index (κ3) is 1.78. The molecule has 1 rings (SSSR count). The first-order valence-corrected chi connectivity index (χ1v) is 4.49. The summed E-state index contributed by atoms with van der Waals surface area (Å²) in [6.45, 7) is 0.731. The van der Waals surface area contributed by atoms with Gasteiger partial charge in [-0.3, -0.25) is 0 Å². The van der Waals surface area contributed by atoms with Gasteiger partial charge in [0.2, 0.25) is 0 Å².